The third-order valence-corrected chi connectivity index (χ3v) is 4.21. The molecule has 1 aliphatic rings. The van der Waals surface area contributed by atoms with Crippen molar-refractivity contribution in [1.82, 2.24) is 9.88 Å². The number of unbranched alkanes of at least 4 members (excludes halogenated alkanes) is 1. The monoisotopic (exact) mass is 398 g/mol. The van der Waals surface area contributed by atoms with Crippen molar-refractivity contribution < 1.29 is 10.9 Å². The third kappa shape index (κ3) is 10.7. The first-order chi connectivity index (χ1) is 13.7. The van der Waals surface area contributed by atoms with Gasteiger partial charge < -0.3 is 20.1 Å². The lowest BCUT2D eigenvalue weighted by molar-refractivity contribution is 0.0320. The molecule has 0 spiro atoms. The Morgan fingerprint density at radius 1 is 1.11 bits per heavy atom. The van der Waals surface area contributed by atoms with Crippen molar-refractivity contribution in [3.63, 3.8) is 0 Å². The highest BCUT2D eigenvalue weighted by molar-refractivity contribution is 5.55. The predicted molar refractivity (Wildman–Crippen MR) is 124 cm³/mol. The Hall–Kier alpha value is -1.53. The number of aromatic nitrogens is 1. The van der Waals surface area contributed by atoms with Crippen LogP contribution in [0.15, 0.2) is 12.1 Å². The van der Waals surface area contributed by atoms with Gasteiger partial charge in [0.2, 0.25) is 5.88 Å². The van der Waals surface area contributed by atoms with Crippen molar-refractivity contribution in [2.24, 2.45) is 0 Å². The van der Waals surface area contributed by atoms with Gasteiger partial charge in [-0.2, -0.15) is 4.98 Å². The van der Waals surface area contributed by atoms with Crippen molar-refractivity contribution in [2.75, 3.05) is 63.2 Å². The maximum Gasteiger partial charge on any atom is 0.217 e. The van der Waals surface area contributed by atoms with Gasteiger partial charge in [0, 0.05) is 52.0 Å². The number of hydrogen-bond donors (Lipinski definition) is 1. The van der Waals surface area contributed by atoms with Crippen LogP contribution in [0, 0.1) is 0 Å². The first-order valence-corrected chi connectivity index (χ1v) is 11.2. The number of nitrogen functional groups attached to an aromatic ring is 1. The zero-order valence-corrected chi connectivity index (χ0v) is 19.2. The second kappa shape index (κ2) is 17.6. The lowest BCUT2D eigenvalue weighted by atomic mass is 10.2. The molecule has 0 saturated carbocycles. The van der Waals surface area contributed by atoms with Gasteiger partial charge in [-0.05, 0) is 12.8 Å². The fraction of sp³-hybridized carbons (Fsp3) is 0.773. The first kappa shape index (κ1) is 26.5. The van der Waals surface area contributed by atoms with E-state index < -0.39 is 0 Å². The molecule has 0 amide bonds. The van der Waals surface area contributed by atoms with E-state index in [0.717, 1.165) is 58.0 Å². The van der Waals surface area contributed by atoms with Crippen LogP contribution in [0.5, 0.6) is 5.88 Å². The standard InChI is InChI=1S/C18H32N4O2.2C2H6.H2/c1-3-5-7-22(6-4-2)16-14-17(19)20-18(15-16)24-13-10-21-8-11-23-12-9-21;2*1-2;/h14-15H,3-13H2,1-2H3,(H2,19,20);2*1-2H3;1H. The van der Waals surface area contributed by atoms with Gasteiger partial charge in [-0.1, -0.05) is 48.0 Å². The van der Waals surface area contributed by atoms with Crippen LogP contribution in [-0.4, -0.2) is 62.4 Å². The summed E-state index contributed by atoms with van der Waals surface area (Å²) in [6, 6.07) is 3.96. The van der Waals surface area contributed by atoms with E-state index in [2.05, 4.69) is 28.6 Å². The molecule has 6 heteroatoms. The van der Waals surface area contributed by atoms with Crippen LogP contribution in [-0.2, 0) is 4.74 Å². The summed E-state index contributed by atoms with van der Waals surface area (Å²) in [6.45, 7) is 19.6. The molecule has 166 valence electrons. The number of ether oxygens (including phenoxy) is 2. The summed E-state index contributed by atoms with van der Waals surface area (Å²) in [7, 11) is 0. The maximum atomic E-state index is 5.99. The zero-order valence-electron chi connectivity index (χ0n) is 19.2. The molecule has 1 aromatic rings. The van der Waals surface area contributed by atoms with Gasteiger partial charge in [0.1, 0.15) is 12.4 Å². The van der Waals surface area contributed by atoms with Gasteiger partial charge in [-0.25, -0.2) is 0 Å². The van der Waals surface area contributed by atoms with E-state index in [1.807, 2.05) is 39.8 Å². The summed E-state index contributed by atoms with van der Waals surface area (Å²) >= 11 is 0. The smallest absolute Gasteiger partial charge is 0.217 e. The van der Waals surface area contributed by atoms with Crippen LogP contribution in [0.1, 0.15) is 62.2 Å². The Morgan fingerprint density at radius 3 is 2.39 bits per heavy atom. The third-order valence-electron chi connectivity index (χ3n) is 4.21. The first-order valence-electron chi connectivity index (χ1n) is 11.2. The highest BCUT2D eigenvalue weighted by Gasteiger charge is 2.12. The van der Waals surface area contributed by atoms with Gasteiger partial charge in [-0.3, -0.25) is 4.90 Å². The zero-order chi connectivity index (χ0) is 21.2. The minimum absolute atomic E-state index is 0. The van der Waals surface area contributed by atoms with E-state index in [1.165, 1.54) is 12.8 Å². The molecular formula is C22H46N4O2. The van der Waals surface area contributed by atoms with E-state index in [4.69, 9.17) is 15.2 Å². The van der Waals surface area contributed by atoms with Gasteiger partial charge in [0.15, 0.2) is 0 Å². The number of morpholine rings is 1. The quantitative estimate of drug-likeness (QED) is 0.617. The largest absolute Gasteiger partial charge is 0.476 e. The minimum Gasteiger partial charge on any atom is -0.476 e. The number of hydrogen-bond acceptors (Lipinski definition) is 6. The Morgan fingerprint density at radius 2 is 1.79 bits per heavy atom. The molecule has 0 aromatic carbocycles. The highest BCUT2D eigenvalue weighted by Crippen LogP contribution is 2.23. The SMILES string of the molecule is CC.CC.CCCCN(CCC)c1cc(N)nc(OCCN2CCOCC2)c1.[HH]. The summed E-state index contributed by atoms with van der Waals surface area (Å²) in [5.41, 5.74) is 7.10. The maximum absolute atomic E-state index is 5.99. The van der Waals surface area contributed by atoms with Crippen molar-refractivity contribution in [1.29, 1.82) is 0 Å². The molecule has 2 N–H and O–H groups in total. The molecule has 0 aliphatic carbocycles. The summed E-state index contributed by atoms with van der Waals surface area (Å²) < 4.78 is 11.2. The van der Waals surface area contributed by atoms with E-state index in [1.54, 1.807) is 0 Å². The molecule has 28 heavy (non-hydrogen) atoms. The fourth-order valence-corrected chi connectivity index (χ4v) is 2.86. The molecule has 0 unspecified atom stereocenters. The lowest BCUT2D eigenvalue weighted by Gasteiger charge is -2.26. The molecule has 6 nitrogen and oxygen atoms in total. The van der Waals surface area contributed by atoms with Crippen LogP contribution in [0.3, 0.4) is 0 Å². The van der Waals surface area contributed by atoms with E-state index >= 15 is 0 Å². The Bertz CT molecular complexity index is 486. The predicted octanol–water partition coefficient (Wildman–Crippen LogP) is 4.69. The summed E-state index contributed by atoms with van der Waals surface area (Å²) in [5.74, 6) is 1.14. The topological polar surface area (TPSA) is 63.8 Å². The fourth-order valence-electron chi connectivity index (χ4n) is 2.86. The van der Waals surface area contributed by atoms with Crippen LogP contribution in [0.2, 0.25) is 0 Å². The van der Waals surface area contributed by atoms with Crippen LogP contribution >= 0.6 is 0 Å². The molecule has 1 fully saturated rings. The van der Waals surface area contributed by atoms with Gasteiger partial charge in [0.25, 0.3) is 0 Å². The minimum atomic E-state index is 0. The van der Waals surface area contributed by atoms with E-state index in [-0.39, 0.29) is 1.43 Å². The van der Waals surface area contributed by atoms with Crippen molar-refractivity contribution in [2.45, 2.75) is 60.8 Å². The van der Waals surface area contributed by atoms with Crippen LogP contribution in [0.4, 0.5) is 11.5 Å². The average molecular weight is 399 g/mol. The number of pyridine rings is 1. The van der Waals surface area contributed by atoms with Crippen LogP contribution < -0.4 is 15.4 Å². The number of nitrogens with zero attached hydrogens (tertiary/aromatic N) is 3. The normalized spacial score (nSPS) is 13.6. The van der Waals surface area contributed by atoms with Crippen molar-refractivity contribution >= 4 is 11.5 Å². The van der Waals surface area contributed by atoms with Crippen molar-refractivity contribution in [3.8, 4) is 5.88 Å². The molecule has 1 aromatic heterocycles. The van der Waals surface area contributed by atoms with Gasteiger partial charge >= 0.3 is 0 Å². The van der Waals surface area contributed by atoms with Crippen molar-refractivity contribution in [3.05, 3.63) is 12.1 Å². The number of anilines is 2. The molecule has 0 bridgehead atoms. The molecule has 1 saturated heterocycles. The second-order valence-corrected chi connectivity index (χ2v) is 6.23. The van der Waals surface area contributed by atoms with Gasteiger partial charge in [-0.15, -0.1) is 0 Å². The van der Waals surface area contributed by atoms with E-state index in [9.17, 15) is 0 Å². The van der Waals surface area contributed by atoms with E-state index in [0.29, 0.717) is 18.3 Å². The van der Waals surface area contributed by atoms with Crippen LogP contribution in [0.25, 0.3) is 0 Å². The number of nitrogens with two attached hydrogens (primary N) is 1. The molecule has 2 rings (SSSR count). The molecule has 2 heterocycles. The molecule has 0 radical (unpaired) electrons. The Labute approximate surface area is 174 Å². The molecular weight excluding hydrogens is 352 g/mol. The molecule has 1 aliphatic heterocycles. The summed E-state index contributed by atoms with van der Waals surface area (Å²) in [6.07, 6.45) is 3.47. The Kier molecular flexibility index (Phi) is 16.6. The molecule has 0 atom stereocenters. The summed E-state index contributed by atoms with van der Waals surface area (Å²) in [4.78, 5) is 9.04. The van der Waals surface area contributed by atoms with Gasteiger partial charge in [0.05, 0.1) is 13.2 Å². The summed E-state index contributed by atoms with van der Waals surface area (Å²) in [5, 5.41) is 0. The average Bonchev–Trinajstić information content (AvgIpc) is 2.74. The number of rotatable bonds is 10. The second-order valence-electron chi connectivity index (χ2n) is 6.23. The highest BCUT2D eigenvalue weighted by atomic mass is 16.5. The lowest BCUT2D eigenvalue weighted by Crippen LogP contribution is -2.38. The Balaban J connectivity index is 0.